The normalized spacial score (nSPS) is 11.5. The summed E-state index contributed by atoms with van der Waals surface area (Å²) in [6.45, 7) is 1.24. The van der Waals surface area contributed by atoms with Crippen LogP contribution in [-0.4, -0.2) is 24.7 Å². The van der Waals surface area contributed by atoms with E-state index in [-0.39, 0.29) is 5.82 Å². The van der Waals surface area contributed by atoms with Crippen molar-refractivity contribution in [1.82, 2.24) is 15.8 Å². The van der Waals surface area contributed by atoms with E-state index in [1.54, 1.807) is 19.2 Å². The van der Waals surface area contributed by atoms with Gasteiger partial charge in [-0.15, -0.1) is 0 Å². The van der Waals surface area contributed by atoms with Crippen LogP contribution in [0, 0.1) is 5.82 Å². The van der Waals surface area contributed by atoms with E-state index in [1.165, 1.54) is 12.3 Å². The molecule has 2 aromatic rings. The minimum absolute atomic E-state index is 0.178. The Kier molecular flexibility index (Phi) is 6.39. The Hall–Kier alpha value is -1.89. The maximum atomic E-state index is 13.7. The first-order chi connectivity index (χ1) is 10.7. The molecule has 22 heavy (non-hydrogen) atoms. The predicted octanol–water partition coefficient (Wildman–Crippen LogP) is 2.87. The van der Waals surface area contributed by atoms with Gasteiger partial charge in [0.05, 0.1) is 6.54 Å². The summed E-state index contributed by atoms with van der Waals surface area (Å²) in [5.74, 6) is 0.502. The molecule has 2 N–H and O–H groups in total. The predicted molar refractivity (Wildman–Crippen MR) is 87.1 cm³/mol. The van der Waals surface area contributed by atoms with Crippen molar-refractivity contribution in [1.29, 1.82) is 0 Å². The number of rotatable bonds is 6. The Morgan fingerprint density at radius 1 is 1.36 bits per heavy atom. The zero-order chi connectivity index (χ0) is 15.8. The van der Waals surface area contributed by atoms with Gasteiger partial charge < -0.3 is 15.2 Å². The molecular formula is C15H18BrFN4O. The van der Waals surface area contributed by atoms with Gasteiger partial charge in [-0.3, -0.25) is 4.99 Å². The average molecular weight is 369 g/mol. The molecule has 118 valence electrons. The molecule has 0 aliphatic rings. The van der Waals surface area contributed by atoms with Crippen LogP contribution in [-0.2, 0) is 13.0 Å². The quantitative estimate of drug-likeness (QED) is 0.467. The Labute approximate surface area is 137 Å². The van der Waals surface area contributed by atoms with E-state index in [2.05, 4.69) is 36.7 Å². The molecule has 0 fully saturated rings. The maximum Gasteiger partial charge on any atom is 0.191 e. The van der Waals surface area contributed by atoms with Gasteiger partial charge in [0.1, 0.15) is 17.8 Å². The average Bonchev–Trinajstić information content (AvgIpc) is 3.01. The van der Waals surface area contributed by atoms with Crippen molar-refractivity contribution in [2.24, 2.45) is 4.99 Å². The van der Waals surface area contributed by atoms with Gasteiger partial charge in [-0.1, -0.05) is 27.2 Å². The zero-order valence-corrected chi connectivity index (χ0v) is 13.9. The fourth-order valence-corrected chi connectivity index (χ4v) is 2.27. The summed E-state index contributed by atoms with van der Waals surface area (Å²) < 4.78 is 19.2. The molecule has 5 nitrogen and oxygen atoms in total. The monoisotopic (exact) mass is 368 g/mol. The Morgan fingerprint density at radius 3 is 2.91 bits per heavy atom. The third-order valence-electron chi connectivity index (χ3n) is 3.08. The first-order valence-corrected chi connectivity index (χ1v) is 7.76. The van der Waals surface area contributed by atoms with E-state index in [1.807, 2.05) is 6.07 Å². The molecule has 0 spiro atoms. The molecule has 1 heterocycles. The molecular weight excluding hydrogens is 351 g/mol. The lowest BCUT2D eigenvalue weighted by Crippen LogP contribution is -2.37. The van der Waals surface area contributed by atoms with Crippen LogP contribution < -0.4 is 10.6 Å². The molecule has 0 aliphatic carbocycles. The largest absolute Gasteiger partial charge is 0.364 e. The number of hydrogen-bond donors (Lipinski definition) is 2. The lowest BCUT2D eigenvalue weighted by molar-refractivity contribution is 0.410. The lowest BCUT2D eigenvalue weighted by atomic mass is 10.1. The molecule has 0 atom stereocenters. The second-order valence-corrected chi connectivity index (χ2v) is 5.60. The van der Waals surface area contributed by atoms with Crippen LogP contribution in [0.15, 0.2) is 44.5 Å². The van der Waals surface area contributed by atoms with E-state index in [9.17, 15) is 4.39 Å². The van der Waals surface area contributed by atoms with Crippen LogP contribution in [0.1, 0.15) is 17.7 Å². The number of hydrogen-bond acceptors (Lipinski definition) is 3. The van der Waals surface area contributed by atoms with E-state index >= 15 is 0 Å². The van der Waals surface area contributed by atoms with Gasteiger partial charge in [0.15, 0.2) is 5.96 Å². The van der Waals surface area contributed by atoms with Gasteiger partial charge in [-0.2, -0.15) is 0 Å². The van der Waals surface area contributed by atoms with Crippen LogP contribution in [0.5, 0.6) is 0 Å². The van der Waals surface area contributed by atoms with E-state index < -0.39 is 0 Å². The van der Waals surface area contributed by atoms with Crippen molar-refractivity contribution in [2.45, 2.75) is 19.4 Å². The molecule has 0 amide bonds. The van der Waals surface area contributed by atoms with E-state index in [0.717, 1.165) is 22.2 Å². The summed E-state index contributed by atoms with van der Waals surface area (Å²) in [5.41, 5.74) is 1.52. The first-order valence-electron chi connectivity index (χ1n) is 6.96. The summed E-state index contributed by atoms with van der Waals surface area (Å²) in [4.78, 5) is 4.12. The minimum Gasteiger partial charge on any atom is -0.364 e. The molecule has 0 saturated carbocycles. The highest BCUT2D eigenvalue weighted by molar-refractivity contribution is 9.10. The minimum atomic E-state index is -0.178. The number of guanidine groups is 1. The van der Waals surface area contributed by atoms with Crippen molar-refractivity contribution >= 4 is 21.9 Å². The molecule has 2 rings (SSSR count). The number of benzene rings is 1. The molecule has 0 unspecified atom stereocenters. The highest BCUT2D eigenvalue weighted by Gasteiger charge is 2.03. The number of aryl methyl sites for hydroxylation is 1. The van der Waals surface area contributed by atoms with Gasteiger partial charge >= 0.3 is 0 Å². The van der Waals surface area contributed by atoms with Gasteiger partial charge in [0.2, 0.25) is 0 Å². The van der Waals surface area contributed by atoms with Gasteiger partial charge in [-0.25, -0.2) is 4.39 Å². The molecule has 1 aromatic carbocycles. The van der Waals surface area contributed by atoms with Gasteiger partial charge in [0.25, 0.3) is 0 Å². The molecule has 1 aromatic heterocycles. The number of nitrogens with one attached hydrogen (secondary N) is 2. The summed E-state index contributed by atoms with van der Waals surface area (Å²) in [6, 6.07) is 6.93. The second-order valence-electron chi connectivity index (χ2n) is 4.68. The summed E-state index contributed by atoms with van der Waals surface area (Å²) in [7, 11) is 1.70. The topological polar surface area (TPSA) is 62.5 Å². The fourth-order valence-electron chi connectivity index (χ4n) is 1.93. The fraction of sp³-hybridized carbons (Fsp3) is 0.333. The maximum absolute atomic E-state index is 13.7. The number of aliphatic imine (C=N–C) groups is 1. The van der Waals surface area contributed by atoms with Crippen molar-refractivity contribution in [2.75, 3.05) is 13.6 Å². The highest BCUT2D eigenvalue weighted by Crippen LogP contribution is 2.16. The number of aromatic nitrogens is 1. The van der Waals surface area contributed by atoms with Crippen molar-refractivity contribution in [3.8, 4) is 0 Å². The first kappa shape index (κ1) is 16.5. The molecule has 0 saturated heterocycles. The number of halogens is 2. The van der Waals surface area contributed by atoms with Crippen molar-refractivity contribution < 1.29 is 8.91 Å². The highest BCUT2D eigenvalue weighted by atomic mass is 79.9. The third-order valence-corrected chi connectivity index (χ3v) is 3.58. The van der Waals surface area contributed by atoms with Crippen LogP contribution in [0.25, 0.3) is 0 Å². The van der Waals surface area contributed by atoms with Crippen LogP contribution in [0.3, 0.4) is 0 Å². The molecule has 0 bridgehead atoms. The van der Waals surface area contributed by atoms with Crippen LogP contribution >= 0.6 is 15.9 Å². The van der Waals surface area contributed by atoms with Crippen molar-refractivity contribution in [3.05, 3.63) is 52.1 Å². The Bertz CT molecular complexity index is 616. The lowest BCUT2D eigenvalue weighted by Gasteiger charge is -2.11. The zero-order valence-electron chi connectivity index (χ0n) is 12.3. The van der Waals surface area contributed by atoms with Gasteiger partial charge in [-0.05, 0) is 30.5 Å². The second kappa shape index (κ2) is 8.53. The molecule has 0 aliphatic heterocycles. The summed E-state index contributed by atoms with van der Waals surface area (Å²) in [5, 5.41) is 10.1. The Morgan fingerprint density at radius 2 is 2.23 bits per heavy atom. The Balaban J connectivity index is 1.70. The third kappa shape index (κ3) is 5.14. The SMILES string of the molecule is CN=C(NCCCc1ccc(Br)cc1F)NCc1ccon1. The summed E-state index contributed by atoms with van der Waals surface area (Å²) >= 11 is 3.25. The molecule has 7 heteroatoms. The van der Waals surface area contributed by atoms with E-state index in [4.69, 9.17) is 4.52 Å². The smallest absolute Gasteiger partial charge is 0.191 e. The van der Waals surface area contributed by atoms with Crippen LogP contribution in [0.2, 0.25) is 0 Å². The van der Waals surface area contributed by atoms with Crippen molar-refractivity contribution in [3.63, 3.8) is 0 Å². The summed E-state index contributed by atoms with van der Waals surface area (Å²) in [6.07, 6.45) is 3.01. The van der Waals surface area contributed by atoms with Gasteiger partial charge in [0, 0.05) is 24.1 Å². The van der Waals surface area contributed by atoms with Crippen LogP contribution in [0.4, 0.5) is 4.39 Å². The standard InChI is InChI=1S/C15H18BrFN4O/c1-18-15(20-10-13-6-8-22-21-13)19-7-2-3-11-4-5-12(16)9-14(11)17/h4-6,8-9H,2-3,7,10H2,1H3,(H2,18,19,20). The molecule has 0 radical (unpaired) electrons. The number of nitrogens with zero attached hydrogens (tertiary/aromatic N) is 2. The van der Waals surface area contributed by atoms with E-state index in [0.29, 0.717) is 25.5 Å².